The molecule has 2 aromatic rings. The van der Waals surface area contributed by atoms with E-state index in [-0.39, 0.29) is 17.2 Å². The molecule has 1 aromatic heterocycles. The second-order valence-corrected chi connectivity index (χ2v) is 5.39. The largest absolute Gasteiger partial charge is 0.497 e. The number of pyridine rings is 1. The van der Waals surface area contributed by atoms with Crippen molar-refractivity contribution < 1.29 is 9.53 Å². The average molecular weight is 304 g/mol. The fourth-order valence-electron chi connectivity index (χ4n) is 2.42. The number of carbonyl (C=O) groups is 1. The molecule has 0 N–H and O–H groups in total. The van der Waals surface area contributed by atoms with E-state index in [1.807, 2.05) is 24.3 Å². The molecule has 5 heteroatoms. The standard InChI is InChI=1S/C16H14ClNO3/c1-21-12-4-2-3-10(9-12)14-8-7-13(15(17)19)16(20)18(14)11-5-6-11/h2-4,7-9,11H,5-6H2,1H3. The molecule has 3 rings (SSSR count). The van der Waals surface area contributed by atoms with Crippen LogP contribution in [0, 0.1) is 0 Å². The van der Waals surface area contributed by atoms with Gasteiger partial charge in [0.1, 0.15) is 5.75 Å². The lowest BCUT2D eigenvalue weighted by atomic mass is 10.1. The first-order valence-electron chi connectivity index (χ1n) is 6.71. The summed E-state index contributed by atoms with van der Waals surface area (Å²) in [5.41, 5.74) is 1.36. The Morgan fingerprint density at radius 3 is 2.67 bits per heavy atom. The molecule has 21 heavy (non-hydrogen) atoms. The summed E-state index contributed by atoms with van der Waals surface area (Å²) < 4.78 is 6.89. The summed E-state index contributed by atoms with van der Waals surface area (Å²) in [5, 5.41) is -0.716. The van der Waals surface area contributed by atoms with Crippen LogP contribution in [0.2, 0.25) is 0 Å². The summed E-state index contributed by atoms with van der Waals surface area (Å²) in [4.78, 5) is 23.8. The van der Waals surface area contributed by atoms with Gasteiger partial charge in [0.15, 0.2) is 0 Å². The minimum Gasteiger partial charge on any atom is -0.497 e. The highest BCUT2D eigenvalue weighted by molar-refractivity contribution is 6.67. The van der Waals surface area contributed by atoms with Crippen molar-refractivity contribution in [3.05, 3.63) is 52.3 Å². The van der Waals surface area contributed by atoms with Crippen LogP contribution in [0.4, 0.5) is 0 Å². The van der Waals surface area contributed by atoms with E-state index < -0.39 is 5.24 Å². The molecule has 0 spiro atoms. The lowest BCUT2D eigenvalue weighted by Gasteiger charge is -2.14. The zero-order valence-electron chi connectivity index (χ0n) is 11.5. The van der Waals surface area contributed by atoms with Crippen molar-refractivity contribution in [2.75, 3.05) is 7.11 Å². The molecule has 0 unspecified atom stereocenters. The van der Waals surface area contributed by atoms with Crippen molar-refractivity contribution in [2.24, 2.45) is 0 Å². The van der Waals surface area contributed by atoms with Gasteiger partial charge in [-0.05, 0) is 48.7 Å². The third kappa shape index (κ3) is 2.59. The first-order valence-corrected chi connectivity index (χ1v) is 7.09. The van der Waals surface area contributed by atoms with E-state index in [9.17, 15) is 9.59 Å². The SMILES string of the molecule is COc1cccc(-c2ccc(C(=O)Cl)c(=O)n2C2CC2)c1. The third-order valence-corrected chi connectivity index (χ3v) is 3.81. The molecular weight excluding hydrogens is 290 g/mol. The predicted molar refractivity (Wildman–Crippen MR) is 81.1 cm³/mol. The molecule has 1 aromatic carbocycles. The number of hydrogen-bond donors (Lipinski definition) is 0. The van der Waals surface area contributed by atoms with Gasteiger partial charge in [0.05, 0.1) is 18.4 Å². The first kappa shape index (κ1) is 13.9. The van der Waals surface area contributed by atoms with Gasteiger partial charge in [0.25, 0.3) is 10.8 Å². The third-order valence-electron chi connectivity index (χ3n) is 3.61. The smallest absolute Gasteiger partial charge is 0.263 e. The Balaban J connectivity index is 2.20. The number of ether oxygens (including phenoxy) is 1. The quantitative estimate of drug-likeness (QED) is 0.815. The summed E-state index contributed by atoms with van der Waals surface area (Å²) in [6.07, 6.45) is 1.88. The van der Waals surface area contributed by atoms with E-state index in [2.05, 4.69) is 0 Å². The highest BCUT2D eigenvalue weighted by Gasteiger charge is 2.28. The van der Waals surface area contributed by atoms with Crippen LogP contribution in [-0.4, -0.2) is 16.9 Å². The molecule has 1 aliphatic rings. The van der Waals surface area contributed by atoms with Gasteiger partial charge in [0.2, 0.25) is 0 Å². The van der Waals surface area contributed by atoms with Gasteiger partial charge < -0.3 is 9.30 Å². The average Bonchev–Trinajstić information content (AvgIpc) is 3.31. The van der Waals surface area contributed by atoms with Crippen molar-refractivity contribution in [3.8, 4) is 17.0 Å². The molecule has 1 fully saturated rings. The highest BCUT2D eigenvalue weighted by Crippen LogP contribution is 2.37. The fraction of sp³-hybridized carbons (Fsp3) is 0.250. The number of methoxy groups -OCH3 is 1. The Morgan fingerprint density at radius 1 is 1.29 bits per heavy atom. The van der Waals surface area contributed by atoms with Gasteiger partial charge in [-0.3, -0.25) is 9.59 Å². The predicted octanol–water partition coefficient (Wildman–Crippen LogP) is 3.24. The van der Waals surface area contributed by atoms with Crippen molar-refractivity contribution in [1.82, 2.24) is 4.57 Å². The molecule has 0 atom stereocenters. The lowest BCUT2D eigenvalue weighted by molar-refractivity contribution is 0.107. The number of carbonyl (C=O) groups excluding carboxylic acids is 1. The lowest BCUT2D eigenvalue weighted by Crippen LogP contribution is -2.25. The minimum atomic E-state index is -0.716. The second-order valence-electron chi connectivity index (χ2n) is 5.04. The molecule has 0 amide bonds. The fourth-order valence-corrected chi connectivity index (χ4v) is 2.56. The van der Waals surface area contributed by atoms with Crippen LogP contribution in [0.1, 0.15) is 29.2 Å². The van der Waals surface area contributed by atoms with Crippen LogP contribution in [0.25, 0.3) is 11.3 Å². The normalized spacial score (nSPS) is 14.0. The van der Waals surface area contributed by atoms with E-state index in [0.29, 0.717) is 0 Å². The molecule has 0 saturated heterocycles. The molecule has 0 bridgehead atoms. The Bertz CT molecular complexity index is 762. The molecule has 108 valence electrons. The summed E-state index contributed by atoms with van der Waals surface area (Å²) in [7, 11) is 1.60. The topological polar surface area (TPSA) is 48.3 Å². The Kier molecular flexibility index (Phi) is 3.55. The van der Waals surface area contributed by atoms with E-state index in [0.717, 1.165) is 29.8 Å². The summed E-state index contributed by atoms with van der Waals surface area (Å²) in [6.45, 7) is 0. The molecule has 1 aliphatic carbocycles. The number of nitrogens with zero attached hydrogens (tertiary/aromatic N) is 1. The van der Waals surface area contributed by atoms with Crippen LogP contribution in [-0.2, 0) is 0 Å². The van der Waals surface area contributed by atoms with Gasteiger partial charge in [0, 0.05) is 11.6 Å². The molecule has 0 aliphatic heterocycles. The van der Waals surface area contributed by atoms with E-state index in [4.69, 9.17) is 16.3 Å². The maximum atomic E-state index is 12.5. The first-order chi connectivity index (χ1) is 10.1. The second kappa shape index (κ2) is 5.37. The van der Waals surface area contributed by atoms with E-state index in [1.165, 1.54) is 6.07 Å². The number of halogens is 1. The van der Waals surface area contributed by atoms with Gasteiger partial charge in [-0.15, -0.1) is 0 Å². The molecule has 0 radical (unpaired) electrons. The van der Waals surface area contributed by atoms with E-state index in [1.54, 1.807) is 17.7 Å². The van der Waals surface area contributed by atoms with Gasteiger partial charge >= 0.3 is 0 Å². The maximum Gasteiger partial charge on any atom is 0.263 e. The molecule has 1 heterocycles. The van der Waals surface area contributed by atoms with Crippen molar-refractivity contribution in [1.29, 1.82) is 0 Å². The summed E-state index contributed by atoms with van der Waals surface area (Å²) in [6, 6.07) is 10.9. The van der Waals surface area contributed by atoms with Crippen molar-refractivity contribution in [2.45, 2.75) is 18.9 Å². The van der Waals surface area contributed by atoms with Gasteiger partial charge in [-0.25, -0.2) is 0 Å². The zero-order valence-corrected chi connectivity index (χ0v) is 12.3. The molecular formula is C16H14ClNO3. The Labute approximate surface area is 126 Å². The number of hydrogen-bond acceptors (Lipinski definition) is 3. The summed E-state index contributed by atoms with van der Waals surface area (Å²) in [5.74, 6) is 0.722. The number of benzene rings is 1. The molecule has 1 saturated carbocycles. The molecule has 4 nitrogen and oxygen atoms in total. The van der Waals surface area contributed by atoms with Crippen LogP contribution in [0.5, 0.6) is 5.75 Å². The zero-order chi connectivity index (χ0) is 15.0. The highest BCUT2D eigenvalue weighted by atomic mass is 35.5. The van der Waals surface area contributed by atoms with Crippen molar-refractivity contribution >= 4 is 16.8 Å². The Morgan fingerprint density at radius 2 is 2.05 bits per heavy atom. The number of rotatable bonds is 4. The van der Waals surface area contributed by atoms with Crippen LogP contribution in [0.15, 0.2) is 41.2 Å². The summed E-state index contributed by atoms with van der Waals surface area (Å²) >= 11 is 5.48. The van der Waals surface area contributed by atoms with Crippen molar-refractivity contribution in [3.63, 3.8) is 0 Å². The van der Waals surface area contributed by atoms with Crippen LogP contribution < -0.4 is 10.3 Å². The maximum absolute atomic E-state index is 12.5. The van der Waals surface area contributed by atoms with Gasteiger partial charge in [-0.1, -0.05) is 12.1 Å². The Hall–Kier alpha value is -2.07. The van der Waals surface area contributed by atoms with Crippen LogP contribution >= 0.6 is 11.6 Å². The minimum absolute atomic E-state index is 0.0233. The monoisotopic (exact) mass is 303 g/mol. The van der Waals surface area contributed by atoms with E-state index >= 15 is 0 Å². The van der Waals surface area contributed by atoms with Gasteiger partial charge in [-0.2, -0.15) is 0 Å². The van der Waals surface area contributed by atoms with Crippen LogP contribution in [0.3, 0.4) is 0 Å². The number of aromatic nitrogens is 1.